The minimum Gasteiger partial charge on any atom is -0.493 e. The second-order valence-corrected chi connectivity index (χ2v) is 5.58. The van der Waals surface area contributed by atoms with Gasteiger partial charge in [0.05, 0.1) is 12.6 Å². The molecule has 0 heterocycles. The SMILES string of the molecule is COc1ccccc1OCC(=O)NC1(c2ccc(F)cc2)CC1. The van der Waals surface area contributed by atoms with Crippen LogP contribution in [0.4, 0.5) is 4.39 Å². The molecule has 4 nitrogen and oxygen atoms in total. The Balaban J connectivity index is 1.60. The van der Waals surface area contributed by atoms with Gasteiger partial charge in [0.2, 0.25) is 0 Å². The molecule has 0 aliphatic heterocycles. The number of carbonyl (C=O) groups is 1. The minimum atomic E-state index is -0.380. The van der Waals surface area contributed by atoms with Crippen LogP contribution in [0.15, 0.2) is 48.5 Å². The van der Waals surface area contributed by atoms with Gasteiger partial charge in [0, 0.05) is 0 Å². The number of ether oxygens (including phenoxy) is 2. The Hall–Kier alpha value is -2.56. The highest BCUT2D eigenvalue weighted by molar-refractivity contribution is 5.79. The second-order valence-electron chi connectivity index (χ2n) is 5.58. The molecule has 0 saturated heterocycles. The van der Waals surface area contributed by atoms with Crippen LogP contribution < -0.4 is 14.8 Å². The zero-order valence-electron chi connectivity index (χ0n) is 12.8. The van der Waals surface area contributed by atoms with Crippen molar-refractivity contribution in [3.8, 4) is 11.5 Å². The van der Waals surface area contributed by atoms with Gasteiger partial charge in [-0.15, -0.1) is 0 Å². The third-order valence-corrected chi connectivity index (χ3v) is 3.95. The highest BCUT2D eigenvalue weighted by atomic mass is 19.1. The number of amides is 1. The first-order valence-corrected chi connectivity index (χ1v) is 7.46. The second kappa shape index (κ2) is 6.28. The number of para-hydroxylation sites is 2. The predicted molar refractivity (Wildman–Crippen MR) is 83.9 cm³/mol. The summed E-state index contributed by atoms with van der Waals surface area (Å²) in [6.45, 7) is -0.0939. The lowest BCUT2D eigenvalue weighted by Gasteiger charge is -2.18. The van der Waals surface area contributed by atoms with Crippen LogP contribution in [0.3, 0.4) is 0 Å². The number of methoxy groups -OCH3 is 1. The first-order chi connectivity index (χ1) is 11.1. The molecule has 0 radical (unpaired) electrons. The summed E-state index contributed by atoms with van der Waals surface area (Å²) in [5.74, 6) is 0.616. The predicted octanol–water partition coefficient (Wildman–Crippen LogP) is 3.02. The summed E-state index contributed by atoms with van der Waals surface area (Å²) < 4.78 is 23.7. The van der Waals surface area contributed by atoms with E-state index in [-0.39, 0.29) is 23.9 Å². The fraction of sp³-hybridized carbons (Fsp3) is 0.278. The lowest BCUT2D eigenvalue weighted by Crippen LogP contribution is -2.38. The molecule has 0 bridgehead atoms. The maximum absolute atomic E-state index is 13.0. The molecule has 23 heavy (non-hydrogen) atoms. The Morgan fingerprint density at radius 2 is 1.78 bits per heavy atom. The third kappa shape index (κ3) is 3.44. The zero-order chi connectivity index (χ0) is 16.3. The number of halogens is 1. The summed E-state index contributed by atoms with van der Waals surface area (Å²) in [5, 5.41) is 2.98. The topological polar surface area (TPSA) is 47.6 Å². The van der Waals surface area contributed by atoms with Crippen LogP contribution in [0, 0.1) is 5.82 Å². The van der Waals surface area contributed by atoms with Crippen molar-refractivity contribution < 1.29 is 18.7 Å². The van der Waals surface area contributed by atoms with Crippen molar-refractivity contribution in [3.63, 3.8) is 0 Å². The van der Waals surface area contributed by atoms with Gasteiger partial charge < -0.3 is 14.8 Å². The van der Waals surface area contributed by atoms with E-state index in [0.717, 1.165) is 18.4 Å². The van der Waals surface area contributed by atoms with Gasteiger partial charge in [-0.05, 0) is 42.7 Å². The van der Waals surface area contributed by atoms with Crippen molar-refractivity contribution in [2.24, 2.45) is 0 Å². The summed E-state index contributed by atoms with van der Waals surface area (Å²) in [7, 11) is 1.55. The molecule has 1 saturated carbocycles. The molecule has 2 aromatic carbocycles. The third-order valence-electron chi connectivity index (χ3n) is 3.95. The van der Waals surface area contributed by atoms with E-state index < -0.39 is 0 Å². The number of hydrogen-bond acceptors (Lipinski definition) is 3. The van der Waals surface area contributed by atoms with Crippen molar-refractivity contribution in [1.82, 2.24) is 5.32 Å². The number of benzene rings is 2. The average molecular weight is 315 g/mol. The Kier molecular flexibility index (Phi) is 4.19. The lowest BCUT2D eigenvalue weighted by molar-refractivity contribution is -0.124. The van der Waals surface area contributed by atoms with Crippen LogP contribution in [0.5, 0.6) is 11.5 Å². The highest BCUT2D eigenvalue weighted by Crippen LogP contribution is 2.45. The van der Waals surface area contributed by atoms with Crippen molar-refractivity contribution in [1.29, 1.82) is 0 Å². The fourth-order valence-corrected chi connectivity index (χ4v) is 2.56. The monoisotopic (exact) mass is 315 g/mol. The molecule has 0 atom stereocenters. The molecule has 0 aromatic heterocycles. The van der Waals surface area contributed by atoms with Crippen LogP contribution in [0.2, 0.25) is 0 Å². The van der Waals surface area contributed by atoms with E-state index in [2.05, 4.69) is 5.32 Å². The van der Waals surface area contributed by atoms with Gasteiger partial charge >= 0.3 is 0 Å². The summed E-state index contributed by atoms with van der Waals surface area (Å²) >= 11 is 0. The van der Waals surface area contributed by atoms with E-state index in [1.165, 1.54) is 12.1 Å². The van der Waals surface area contributed by atoms with Gasteiger partial charge in [0.25, 0.3) is 5.91 Å². The smallest absolute Gasteiger partial charge is 0.258 e. The van der Waals surface area contributed by atoms with Gasteiger partial charge in [-0.2, -0.15) is 0 Å². The normalized spacial score (nSPS) is 14.9. The molecule has 1 aliphatic rings. The first-order valence-electron chi connectivity index (χ1n) is 7.46. The van der Waals surface area contributed by atoms with Crippen LogP contribution >= 0.6 is 0 Å². The maximum Gasteiger partial charge on any atom is 0.258 e. The van der Waals surface area contributed by atoms with Crippen LogP contribution in [-0.2, 0) is 10.3 Å². The molecule has 1 aliphatic carbocycles. The summed E-state index contributed by atoms with van der Waals surface area (Å²) in [6.07, 6.45) is 1.69. The number of carbonyl (C=O) groups excluding carboxylic acids is 1. The molecule has 1 N–H and O–H groups in total. The summed E-state index contributed by atoms with van der Waals surface area (Å²) in [6, 6.07) is 13.4. The van der Waals surface area contributed by atoms with Gasteiger partial charge in [-0.25, -0.2) is 4.39 Å². The molecule has 1 fully saturated rings. The van der Waals surface area contributed by atoms with Crippen molar-refractivity contribution in [2.75, 3.05) is 13.7 Å². The Labute approximate surface area is 134 Å². The molecule has 2 aromatic rings. The Morgan fingerprint density at radius 1 is 1.13 bits per heavy atom. The van der Waals surface area contributed by atoms with Gasteiger partial charge in [0.15, 0.2) is 18.1 Å². The van der Waals surface area contributed by atoms with Gasteiger partial charge in [-0.3, -0.25) is 4.79 Å². The zero-order valence-corrected chi connectivity index (χ0v) is 12.8. The highest BCUT2D eigenvalue weighted by Gasteiger charge is 2.45. The first kappa shape index (κ1) is 15.3. The maximum atomic E-state index is 13.0. The molecule has 0 spiro atoms. The quantitative estimate of drug-likeness (QED) is 0.891. The molecular weight excluding hydrogens is 297 g/mol. The number of hydrogen-bond donors (Lipinski definition) is 1. The van der Waals surface area contributed by atoms with E-state index in [1.807, 2.05) is 12.1 Å². The van der Waals surface area contributed by atoms with E-state index in [9.17, 15) is 9.18 Å². The van der Waals surface area contributed by atoms with Gasteiger partial charge in [-0.1, -0.05) is 24.3 Å². The Bertz CT molecular complexity index is 696. The van der Waals surface area contributed by atoms with Crippen LogP contribution in [0.25, 0.3) is 0 Å². The minimum absolute atomic E-state index is 0.0939. The lowest BCUT2D eigenvalue weighted by atomic mass is 10.1. The summed E-state index contributed by atoms with van der Waals surface area (Å²) in [5.41, 5.74) is 0.541. The van der Waals surface area contributed by atoms with E-state index >= 15 is 0 Å². The van der Waals surface area contributed by atoms with Crippen LogP contribution in [-0.4, -0.2) is 19.6 Å². The number of rotatable bonds is 6. The Morgan fingerprint density at radius 3 is 2.39 bits per heavy atom. The molecule has 1 amide bonds. The van der Waals surface area contributed by atoms with E-state index in [0.29, 0.717) is 11.5 Å². The van der Waals surface area contributed by atoms with Crippen molar-refractivity contribution in [3.05, 3.63) is 59.9 Å². The molecule has 5 heteroatoms. The molecule has 120 valence electrons. The van der Waals surface area contributed by atoms with Gasteiger partial charge in [0.1, 0.15) is 5.82 Å². The largest absolute Gasteiger partial charge is 0.493 e. The number of nitrogens with one attached hydrogen (secondary N) is 1. The van der Waals surface area contributed by atoms with Crippen molar-refractivity contribution in [2.45, 2.75) is 18.4 Å². The summed E-state index contributed by atoms with van der Waals surface area (Å²) in [4.78, 5) is 12.2. The standard InChI is InChI=1S/C18H18FNO3/c1-22-15-4-2-3-5-16(15)23-12-17(21)20-18(10-11-18)13-6-8-14(19)9-7-13/h2-9H,10-12H2,1H3,(H,20,21). The molecular formula is C18H18FNO3. The molecule has 3 rings (SSSR count). The van der Waals surface area contributed by atoms with Crippen molar-refractivity contribution >= 4 is 5.91 Å². The van der Waals surface area contributed by atoms with Crippen LogP contribution in [0.1, 0.15) is 18.4 Å². The average Bonchev–Trinajstić information content (AvgIpc) is 3.34. The molecule has 0 unspecified atom stereocenters. The van der Waals surface area contributed by atoms with E-state index in [1.54, 1.807) is 31.4 Å². The fourth-order valence-electron chi connectivity index (χ4n) is 2.56. The van der Waals surface area contributed by atoms with E-state index in [4.69, 9.17) is 9.47 Å².